The molecule has 0 fully saturated rings. The van der Waals surface area contributed by atoms with Crippen LogP contribution in [-0.4, -0.2) is 29.3 Å². The van der Waals surface area contributed by atoms with Crippen LogP contribution in [0.1, 0.15) is 22.2 Å². The molecule has 1 aliphatic rings. The summed E-state index contributed by atoms with van der Waals surface area (Å²) in [5.41, 5.74) is 3.34. The first kappa shape index (κ1) is 17.6. The van der Waals surface area contributed by atoms with Gasteiger partial charge >= 0.3 is 0 Å². The van der Waals surface area contributed by atoms with Crippen molar-refractivity contribution < 1.29 is 9.53 Å². The molecule has 4 rings (SSSR count). The largest absolute Gasteiger partial charge is 0.497 e. The third kappa shape index (κ3) is 3.67. The molecule has 0 spiro atoms. The Labute approximate surface area is 162 Å². The second-order valence-corrected chi connectivity index (χ2v) is 6.76. The Morgan fingerprint density at radius 3 is 2.67 bits per heavy atom. The molecular weight excluding hydrogens is 364 g/mol. The van der Waals surface area contributed by atoms with Gasteiger partial charge in [-0.15, -0.1) is 0 Å². The predicted molar refractivity (Wildman–Crippen MR) is 104 cm³/mol. The van der Waals surface area contributed by atoms with E-state index in [1.807, 2.05) is 54.6 Å². The number of hydrogen-bond donors (Lipinski definition) is 2. The average molecular weight is 383 g/mol. The maximum absolute atomic E-state index is 12.3. The van der Waals surface area contributed by atoms with Crippen molar-refractivity contribution in [1.82, 2.24) is 20.4 Å². The zero-order valence-corrected chi connectivity index (χ0v) is 15.5. The summed E-state index contributed by atoms with van der Waals surface area (Å²) in [6.07, 6.45) is -0.125. The van der Waals surface area contributed by atoms with Crippen molar-refractivity contribution in [3.8, 4) is 17.0 Å². The molecular formula is C20H19ClN4O2. The van der Waals surface area contributed by atoms with Crippen molar-refractivity contribution in [3.05, 3.63) is 70.9 Å². The van der Waals surface area contributed by atoms with Crippen LogP contribution in [0.2, 0.25) is 5.02 Å². The number of halogens is 1. The van der Waals surface area contributed by atoms with Crippen LogP contribution >= 0.6 is 11.6 Å². The standard InChI is InChI=1S/C20H19ClN4O2/c1-27-16-8-4-14(5-9-16)17-10-18-20(26)23-12-19(25(18)24-17)22-11-13-2-6-15(21)7-3-13/h2-10,19,22H,11-12H2,1H3,(H,23,26). The van der Waals surface area contributed by atoms with Gasteiger partial charge in [-0.25, -0.2) is 4.68 Å². The smallest absolute Gasteiger partial charge is 0.269 e. The molecule has 1 atom stereocenters. The van der Waals surface area contributed by atoms with Gasteiger partial charge in [0.05, 0.1) is 19.3 Å². The van der Waals surface area contributed by atoms with Gasteiger partial charge in [0.2, 0.25) is 0 Å². The normalized spacial score (nSPS) is 15.9. The molecule has 138 valence electrons. The zero-order valence-electron chi connectivity index (χ0n) is 14.8. The average Bonchev–Trinajstić information content (AvgIpc) is 3.15. The minimum atomic E-state index is -0.125. The molecule has 0 aliphatic carbocycles. The van der Waals surface area contributed by atoms with Gasteiger partial charge in [0.1, 0.15) is 17.6 Å². The highest BCUT2D eigenvalue weighted by atomic mass is 35.5. The fourth-order valence-corrected chi connectivity index (χ4v) is 3.19. The monoisotopic (exact) mass is 382 g/mol. The molecule has 0 saturated heterocycles. The second kappa shape index (κ2) is 7.42. The lowest BCUT2D eigenvalue weighted by atomic mass is 10.1. The molecule has 2 N–H and O–H groups in total. The van der Waals surface area contributed by atoms with Gasteiger partial charge in [0.15, 0.2) is 0 Å². The van der Waals surface area contributed by atoms with Crippen molar-refractivity contribution >= 4 is 17.5 Å². The van der Waals surface area contributed by atoms with Crippen molar-refractivity contribution in [2.45, 2.75) is 12.7 Å². The van der Waals surface area contributed by atoms with Crippen molar-refractivity contribution in [2.24, 2.45) is 0 Å². The summed E-state index contributed by atoms with van der Waals surface area (Å²) >= 11 is 5.93. The summed E-state index contributed by atoms with van der Waals surface area (Å²) in [6.45, 7) is 1.12. The Kier molecular flexibility index (Phi) is 4.83. The number of carbonyl (C=O) groups is 1. The number of ether oxygens (including phenoxy) is 1. The summed E-state index contributed by atoms with van der Waals surface area (Å²) in [5, 5.41) is 11.7. The number of nitrogens with one attached hydrogen (secondary N) is 2. The zero-order chi connectivity index (χ0) is 18.8. The van der Waals surface area contributed by atoms with Crippen LogP contribution < -0.4 is 15.4 Å². The highest BCUT2D eigenvalue weighted by Gasteiger charge is 2.27. The molecule has 1 amide bonds. The molecule has 0 bridgehead atoms. The fraction of sp³-hybridized carbons (Fsp3) is 0.200. The van der Waals surface area contributed by atoms with Crippen LogP contribution in [0, 0.1) is 0 Å². The Balaban J connectivity index is 1.56. The van der Waals surface area contributed by atoms with Crippen LogP contribution in [-0.2, 0) is 6.54 Å². The number of carbonyl (C=O) groups excluding carboxylic acids is 1. The van der Waals surface area contributed by atoms with E-state index in [1.165, 1.54) is 0 Å². The number of nitrogens with zero attached hydrogens (tertiary/aromatic N) is 2. The molecule has 0 saturated carbocycles. The van der Waals surface area contributed by atoms with Crippen molar-refractivity contribution in [2.75, 3.05) is 13.7 Å². The number of fused-ring (bicyclic) bond motifs is 1. The van der Waals surface area contributed by atoms with Gasteiger partial charge in [0.25, 0.3) is 5.91 Å². The molecule has 27 heavy (non-hydrogen) atoms. The third-order valence-corrected chi connectivity index (χ3v) is 4.81. The van der Waals surface area contributed by atoms with Gasteiger partial charge in [0, 0.05) is 17.1 Å². The lowest BCUT2D eigenvalue weighted by Gasteiger charge is -2.25. The predicted octanol–water partition coefficient (Wildman–Crippen LogP) is 3.24. The lowest BCUT2D eigenvalue weighted by molar-refractivity contribution is 0.0900. The first-order valence-electron chi connectivity index (χ1n) is 8.64. The van der Waals surface area contributed by atoms with E-state index in [-0.39, 0.29) is 12.1 Å². The molecule has 1 aliphatic heterocycles. The highest BCUT2D eigenvalue weighted by Crippen LogP contribution is 2.25. The number of aromatic nitrogens is 2. The van der Waals surface area contributed by atoms with Crippen molar-refractivity contribution in [1.29, 1.82) is 0 Å². The molecule has 6 nitrogen and oxygen atoms in total. The second-order valence-electron chi connectivity index (χ2n) is 6.32. The van der Waals surface area contributed by atoms with E-state index in [1.54, 1.807) is 11.8 Å². The fourth-order valence-electron chi connectivity index (χ4n) is 3.07. The molecule has 1 unspecified atom stereocenters. The summed E-state index contributed by atoms with van der Waals surface area (Å²) in [5.74, 6) is 0.662. The van der Waals surface area contributed by atoms with Gasteiger partial charge in [-0.05, 0) is 48.0 Å². The van der Waals surface area contributed by atoms with Crippen LogP contribution in [0.3, 0.4) is 0 Å². The molecule has 3 aromatic rings. The van der Waals surface area contributed by atoms with Crippen LogP contribution in [0.4, 0.5) is 0 Å². The Morgan fingerprint density at radius 2 is 1.96 bits per heavy atom. The summed E-state index contributed by atoms with van der Waals surface area (Å²) in [7, 11) is 1.63. The van der Waals surface area contributed by atoms with E-state index in [0.29, 0.717) is 23.8 Å². The van der Waals surface area contributed by atoms with E-state index >= 15 is 0 Å². The topological polar surface area (TPSA) is 68.2 Å². The number of hydrogen-bond acceptors (Lipinski definition) is 4. The van der Waals surface area contributed by atoms with Gasteiger partial charge in [-0.2, -0.15) is 5.10 Å². The Hall–Kier alpha value is -2.83. The van der Waals surface area contributed by atoms with E-state index in [4.69, 9.17) is 16.3 Å². The first-order chi connectivity index (χ1) is 13.1. The van der Waals surface area contributed by atoms with E-state index in [0.717, 1.165) is 22.6 Å². The lowest BCUT2D eigenvalue weighted by Crippen LogP contribution is -2.45. The molecule has 0 radical (unpaired) electrons. The Bertz CT molecular complexity index is 951. The first-order valence-corrected chi connectivity index (χ1v) is 9.02. The molecule has 2 aromatic carbocycles. The minimum Gasteiger partial charge on any atom is -0.497 e. The molecule has 1 aromatic heterocycles. The minimum absolute atomic E-state index is 0.119. The third-order valence-electron chi connectivity index (χ3n) is 4.56. The highest BCUT2D eigenvalue weighted by molar-refractivity contribution is 6.30. The number of amides is 1. The maximum Gasteiger partial charge on any atom is 0.269 e. The SMILES string of the molecule is COc1ccc(-c2cc3n(n2)C(NCc2ccc(Cl)cc2)CNC3=O)cc1. The molecule has 7 heteroatoms. The number of rotatable bonds is 5. The van der Waals surface area contributed by atoms with Gasteiger partial charge in [-0.3, -0.25) is 10.1 Å². The van der Waals surface area contributed by atoms with E-state index in [2.05, 4.69) is 15.7 Å². The maximum atomic E-state index is 12.3. The van der Waals surface area contributed by atoms with Crippen LogP contribution in [0.15, 0.2) is 54.6 Å². The Morgan fingerprint density at radius 1 is 1.22 bits per heavy atom. The van der Waals surface area contributed by atoms with Crippen LogP contribution in [0.5, 0.6) is 5.75 Å². The van der Waals surface area contributed by atoms with Gasteiger partial charge < -0.3 is 10.1 Å². The number of benzene rings is 2. The summed E-state index contributed by atoms with van der Waals surface area (Å²) in [6, 6.07) is 17.1. The van der Waals surface area contributed by atoms with Crippen LogP contribution in [0.25, 0.3) is 11.3 Å². The quantitative estimate of drug-likeness (QED) is 0.710. The summed E-state index contributed by atoms with van der Waals surface area (Å²) in [4.78, 5) is 12.3. The van der Waals surface area contributed by atoms with E-state index in [9.17, 15) is 4.79 Å². The van der Waals surface area contributed by atoms with E-state index < -0.39 is 0 Å². The molecule has 2 heterocycles. The summed E-state index contributed by atoms with van der Waals surface area (Å²) < 4.78 is 6.95. The van der Waals surface area contributed by atoms with Crippen molar-refractivity contribution in [3.63, 3.8) is 0 Å². The number of methoxy groups -OCH3 is 1. The van der Waals surface area contributed by atoms with Gasteiger partial charge in [-0.1, -0.05) is 23.7 Å².